The molecule has 1 nitrogen and oxygen atoms in total. The van der Waals surface area contributed by atoms with Crippen molar-refractivity contribution < 1.29 is 4.79 Å². The van der Waals surface area contributed by atoms with Gasteiger partial charge in [0.25, 0.3) is 0 Å². The Morgan fingerprint density at radius 1 is 1.11 bits per heavy atom. The van der Waals surface area contributed by atoms with Gasteiger partial charge in [0.2, 0.25) is 0 Å². The van der Waals surface area contributed by atoms with Crippen LogP contribution in [-0.2, 0) is 0 Å². The minimum Gasteiger partial charge on any atom is -0.289 e. The van der Waals surface area contributed by atoms with Crippen LogP contribution in [0.1, 0.15) is 24.2 Å². The van der Waals surface area contributed by atoms with Crippen LogP contribution >= 0.6 is 11.6 Å². The van der Waals surface area contributed by atoms with Gasteiger partial charge in [0, 0.05) is 18.7 Å². The number of allylic oxidation sites excluding steroid dienone is 2. The van der Waals surface area contributed by atoms with E-state index in [1.165, 1.54) is 0 Å². The summed E-state index contributed by atoms with van der Waals surface area (Å²) in [5.41, 5.74) is 2.82. The van der Waals surface area contributed by atoms with E-state index in [0.717, 1.165) is 22.8 Å². The van der Waals surface area contributed by atoms with E-state index in [2.05, 4.69) is 19.6 Å². The molecule has 0 aliphatic heterocycles. The normalized spacial score (nSPS) is 11.2. The second-order valence-corrected chi connectivity index (χ2v) is 12.0. The number of hydrogen-bond donors (Lipinski definition) is 0. The Hall–Kier alpha value is -0.863. The molecule has 0 unspecified atom stereocenters. The van der Waals surface area contributed by atoms with Gasteiger partial charge in [-0.15, -0.1) is 0 Å². The summed E-state index contributed by atoms with van der Waals surface area (Å²) in [7, 11) is -1.29. The Labute approximate surface area is 116 Å². The summed E-state index contributed by atoms with van der Waals surface area (Å²) in [5, 5.41) is 0.662. The monoisotopic (exact) mass is 280 g/mol. The van der Waals surface area contributed by atoms with Crippen LogP contribution in [0.25, 0.3) is 0 Å². The lowest BCUT2D eigenvalue weighted by molar-refractivity contribution is 0.103. The van der Waals surface area contributed by atoms with Gasteiger partial charge in [-0.1, -0.05) is 36.8 Å². The van der Waals surface area contributed by atoms with E-state index in [1.54, 1.807) is 24.3 Å². The van der Waals surface area contributed by atoms with Gasteiger partial charge in [-0.2, -0.15) is 0 Å². The number of halogens is 1. The summed E-state index contributed by atoms with van der Waals surface area (Å²) >= 11 is 5.85. The summed E-state index contributed by atoms with van der Waals surface area (Å²) in [4.78, 5) is 12.5. The molecule has 0 radical (unpaired) electrons. The minimum absolute atomic E-state index is 0.147. The first kappa shape index (κ1) is 15.2. The predicted octanol–water partition coefficient (Wildman–Crippen LogP) is 5.20. The summed E-state index contributed by atoms with van der Waals surface area (Å²) in [6.45, 7) is 10.9. The molecule has 0 aliphatic carbocycles. The molecule has 0 spiro atoms. The Morgan fingerprint density at radius 3 is 2.00 bits per heavy atom. The molecule has 0 saturated heterocycles. The van der Waals surface area contributed by atoms with Gasteiger partial charge in [-0.25, -0.2) is 0 Å². The van der Waals surface area contributed by atoms with Crippen LogP contribution in [0.3, 0.4) is 0 Å². The Balaban J connectivity index is 3.06. The van der Waals surface area contributed by atoms with Crippen molar-refractivity contribution in [3.8, 4) is 0 Å². The van der Waals surface area contributed by atoms with Gasteiger partial charge in [-0.3, -0.25) is 4.79 Å². The minimum atomic E-state index is -1.29. The van der Waals surface area contributed by atoms with Gasteiger partial charge < -0.3 is 0 Å². The molecule has 98 valence electrons. The van der Waals surface area contributed by atoms with Crippen molar-refractivity contribution in [1.82, 2.24) is 0 Å². The van der Waals surface area contributed by atoms with E-state index >= 15 is 0 Å². The molecule has 0 bridgehead atoms. The number of benzene rings is 1. The first-order valence-corrected chi connectivity index (χ1v) is 10.3. The molecule has 0 fully saturated rings. The van der Waals surface area contributed by atoms with Crippen LogP contribution in [0.15, 0.2) is 35.4 Å². The largest absolute Gasteiger partial charge is 0.289 e. The molecule has 0 N–H and O–H groups in total. The third-order valence-electron chi connectivity index (χ3n) is 2.69. The van der Waals surface area contributed by atoms with Crippen LogP contribution in [0.4, 0.5) is 0 Å². The molecular formula is C15H21ClOSi. The van der Waals surface area contributed by atoms with Gasteiger partial charge in [0.15, 0.2) is 5.78 Å². The quantitative estimate of drug-likeness (QED) is 0.421. The number of carbonyl (C=O) groups is 1. The molecule has 0 aromatic heterocycles. The van der Waals surface area contributed by atoms with Crippen LogP contribution in [0, 0.1) is 0 Å². The SMILES string of the molecule is CC(C)=C(C[Si](C)(C)C)C(=O)c1ccc(Cl)cc1. The average molecular weight is 281 g/mol. The highest BCUT2D eigenvalue weighted by molar-refractivity contribution is 6.77. The highest BCUT2D eigenvalue weighted by atomic mass is 35.5. The third kappa shape index (κ3) is 4.43. The third-order valence-corrected chi connectivity index (χ3v) is 4.36. The lowest BCUT2D eigenvalue weighted by atomic mass is 10.0. The maximum Gasteiger partial charge on any atom is 0.188 e. The Bertz CT molecular complexity index is 462. The Kier molecular flexibility index (Phi) is 4.94. The zero-order chi connectivity index (χ0) is 13.9. The smallest absolute Gasteiger partial charge is 0.188 e. The fraction of sp³-hybridized carbons (Fsp3) is 0.400. The fourth-order valence-electron chi connectivity index (χ4n) is 1.79. The van der Waals surface area contributed by atoms with Gasteiger partial charge in [0.05, 0.1) is 0 Å². The van der Waals surface area contributed by atoms with Crippen LogP contribution in [-0.4, -0.2) is 13.9 Å². The topological polar surface area (TPSA) is 17.1 Å². The number of carbonyl (C=O) groups excluding carboxylic acids is 1. The highest BCUT2D eigenvalue weighted by Gasteiger charge is 2.21. The van der Waals surface area contributed by atoms with Crippen molar-refractivity contribution >= 4 is 25.5 Å². The predicted molar refractivity (Wildman–Crippen MR) is 82.3 cm³/mol. The van der Waals surface area contributed by atoms with Crippen molar-refractivity contribution in [2.75, 3.05) is 0 Å². The molecule has 1 aromatic rings. The maximum absolute atomic E-state index is 12.5. The van der Waals surface area contributed by atoms with Gasteiger partial charge in [-0.05, 0) is 49.7 Å². The van der Waals surface area contributed by atoms with Crippen LogP contribution in [0.2, 0.25) is 30.7 Å². The van der Waals surface area contributed by atoms with Crippen LogP contribution < -0.4 is 0 Å². The van der Waals surface area contributed by atoms with Gasteiger partial charge in [0.1, 0.15) is 0 Å². The van der Waals surface area contributed by atoms with Crippen LogP contribution in [0.5, 0.6) is 0 Å². The van der Waals surface area contributed by atoms with Crippen molar-refractivity contribution in [3.05, 3.63) is 46.0 Å². The van der Waals surface area contributed by atoms with Gasteiger partial charge >= 0.3 is 0 Å². The number of Topliss-reactive ketones (excluding diaryl/α,β-unsaturated/α-hetero) is 1. The Morgan fingerprint density at radius 2 is 1.61 bits per heavy atom. The van der Waals surface area contributed by atoms with E-state index in [-0.39, 0.29) is 5.78 Å². The molecule has 0 aliphatic rings. The van der Waals surface area contributed by atoms with Crippen molar-refractivity contribution in [2.24, 2.45) is 0 Å². The van der Waals surface area contributed by atoms with Crippen molar-refractivity contribution in [3.63, 3.8) is 0 Å². The lowest BCUT2D eigenvalue weighted by Crippen LogP contribution is -2.23. The molecule has 0 saturated carbocycles. The standard InChI is InChI=1S/C15H21ClOSi/c1-11(2)14(10-18(3,4)5)15(17)12-6-8-13(16)9-7-12/h6-9H,10H2,1-5H3. The average Bonchev–Trinajstić information content (AvgIpc) is 2.24. The second-order valence-electron chi connectivity index (χ2n) is 6.05. The maximum atomic E-state index is 12.5. The summed E-state index contributed by atoms with van der Waals surface area (Å²) in [5.74, 6) is 0.147. The first-order chi connectivity index (χ1) is 8.20. The second kappa shape index (κ2) is 5.85. The summed E-state index contributed by atoms with van der Waals surface area (Å²) < 4.78 is 0. The van der Waals surface area contributed by atoms with Crippen molar-refractivity contribution in [2.45, 2.75) is 39.5 Å². The summed E-state index contributed by atoms with van der Waals surface area (Å²) in [6.07, 6.45) is 0. The first-order valence-electron chi connectivity index (χ1n) is 6.17. The number of ketones is 1. The molecule has 3 heteroatoms. The van der Waals surface area contributed by atoms with E-state index in [9.17, 15) is 4.79 Å². The zero-order valence-corrected chi connectivity index (χ0v) is 13.6. The summed E-state index contributed by atoms with van der Waals surface area (Å²) in [6, 6.07) is 8.07. The molecule has 1 rings (SSSR count). The van der Waals surface area contributed by atoms with E-state index in [0.29, 0.717) is 5.02 Å². The van der Waals surface area contributed by atoms with Crippen molar-refractivity contribution in [1.29, 1.82) is 0 Å². The lowest BCUT2D eigenvalue weighted by Gasteiger charge is -2.19. The highest BCUT2D eigenvalue weighted by Crippen LogP contribution is 2.23. The molecule has 1 aromatic carbocycles. The number of hydrogen-bond acceptors (Lipinski definition) is 1. The molecule has 18 heavy (non-hydrogen) atoms. The molecule has 0 heterocycles. The zero-order valence-electron chi connectivity index (χ0n) is 11.8. The van der Waals surface area contributed by atoms with E-state index in [4.69, 9.17) is 11.6 Å². The number of rotatable bonds is 4. The van der Waals surface area contributed by atoms with E-state index < -0.39 is 8.07 Å². The molecule has 0 atom stereocenters. The molecular weight excluding hydrogens is 260 g/mol. The van der Waals surface area contributed by atoms with E-state index in [1.807, 2.05) is 13.8 Å². The fourth-order valence-corrected chi connectivity index (χ4v) is 3.49. The molecule has 0 amide bonds.